The summed E-state index contributed by atoms with van der Waals surface area (Å²) in [5.41, 5.74) is 0.746. The summed E-state index contributed by atoms with van der Waals surface area (Å²) in [6, 6.07) is 10.9. The number of amides is 2. The molecule has 1 aliphatic heterocycles. The number of methoxy groups -OCH3 is 1. The van der Waals surface area contributed by atoms with Crippen LogP contribution in [-0.2, 0) is 28.6 Å². The van der Waals surface area contributed by atoms with E-state index >= 15 is 0 Å². The lowest BCUT2D eigenvalue weighted by Gasteiger charge is -2.19. The van der Waals surface area contributed by atoms with Crippen molar-refractivity contribution < 1.29 is 42.9 Å². The van der Waals surface area contributed by atoms with Gasteiger partial charge in [0.2, 0.25) is 5.91 Å². The molecule has 1 aliphatic rings. The zero-order chi connectivity index (χ0) is 26.9. The Balaban J connectivity index is 1.63. The summed E-state index contributed by atoms with van der Waals surface area (Å²) in [4.78, 5) is 63.4. The van der Waals surface area contributed by atoms with Gasteiger partial charge in [-0.3, -0.25) is 14.4 Å². The summed E-state index contributed by atoms with van der Waals surface area (Å²) in [7, 11) is 1.49. The van der Waals surface area contributed by atoms with Gasteiger partial charge in [-0.2, -0.15) is 0 Å². The summed E-state index contributed by atoms with van der Waals surface area (Å²) in [6.45, 7) is 2.98. The largest absolute Gasteiger partial charge is 0.495 e. The van der Waals surface area contributed by atoms with Gasteiger partial charge in [-0.25, -0.2) is 9.59 Å². The van der Waals surface area contributed by atoms with E-state index in [1.807, 2.05) is 0 Å². The summed E-state index contributed by atoms with van der Waals surface area (Å²) in [6.07, 6.45) is -0.0665. The highest BCUT2D eigenvalue weighted by atomic mass is 16.5. The van der Waals surface area contributed by atoms with Crippen molar-refractivity contribution in [3.05, 3.63) is 53.6 Å². The van der Waals surface area contributed by atoms with Gasteiger partial charge in [-0.15, -0.1) is 0 Å². The summed E-state index contributed by atoms with van der Waals surface area (Å²) >= 11 is 0. The maximum Gasteiger partial charge on any atom is 0.338 e. The SMILES string of the molecule is CCOC(=O)c1cc(NC(=O)COC(=O)[C@@H]2CC(=O)N(c3ccccc3OC)C2)cc(C(=O)OCC)c1. The highest BCUT2D eigenvalue weighted by Gasteiger charge is 2.37. The Bertz CT molecular complexity index is 1160. The quantitative estimate of drug-likeness (QED) is 0.376. The second kappa shape index (κ2) is 12.5. The van der Waals surface area contributed by atoms with Crippen molar-refractivity contribution in [1.29, 1.82) is 0 Å². The molecule has 1 atom stereocenters. The molecule has 0 aromatic heterocycles. The van der Waals surface area contributed by atoms with Crippen molar-refractivity contribution in [2.45, 2.75) is 20.3 Å². The minimum absolute atomic E-state index is 0.0422. The van der Waals surface area contributed by atoms with Crippen LogP contribution in [0.15, 0.2) is 42.5 Å². The Morgan fingerprint density at radius 2 is 1.57 bits per heavy atom. The fourth-order valence-corrected chi connectivity index (χ4v) is 3.77. The number of hydrogen-bond acceptors (Lipinski definition) is 9. The maximum atomic E-state index is 12.6. The van der Waals surface area contributed by atoms with Gasteiger partial charge in [0.25, 0.3) is 5.91 Å². The highest BCUT2D eigenvalue weighted by molar-refractivity contribution is 6.02. The molecule has 0 saturated carbocycles. The first-order valence-corrected chi connectivity index (χ1v) is 11.7. The lowest BCUT2D eigenvalue weighted by molar-refractivity contribution is -0.151. The summed E-state index contributed by atoms with van der Waals surface area (Å²) in [5.74, 6) is -3.28. The second-order valence-corrected chi connectivity index (χ2v) is 7.97. The third-order valence-electron chi connectivity index (χ3n) is 5.42. The Morgan fingerprint density at radius 3 is 2.16 bits per heavy atom. The second-order valence-electron chi connectivity index (χ2n) is 7.97. The molecule has 0 spiro atoms. The predicted octanol–water partition coefficient (Wildman–Crippen LogP) is 2.58. The van der Waals surface area contributed by atoms with Crippen molar-refractivity contribution in [3.8, 4) is 5.75 Å². The predicted molar refractivity (Wildman–Crippen MR) is 131 cm³/mol. The first kappa shape index (κ1) is 27.2. The molecule has 2 amide bonds. The molecule has 0 radical (unpaired) electrons. The van der Waals surface area contributed by atoms with Crippen LogP contribution in [0, 0.1) is 5.92 Å². The molecule has 0 aliphatic carbocycles. The number of hydrogen-bond donors (Lipinski definition) is 1. The molecule has 0 bridgehead atoms. The first-order valence-electron chi connectivity index (χ1n) is 11.7. The van der Waals surface area contributed by atoms with Crippen molar-refractivity contribution in [1.82, 2.24) is 0 Å². The number of ether oxygens (including phenoxy) is 4. The molecule has 3 rings (SSSR count). The highest BCUT2D eigenvalue weighted by Crippen LogP contribution is 2.33. The zero-order valence-corrected chi connectivity index (χ0v) is 20.8. The molecule has 11 nitrogen and oxygen atoms in total. The van der Waals surface area contributed by atoms with Gasteiger partial charge in [0.05, 0.1) is 43.1 Å². The van der Waals surface area contributed by atoms with E-state index in [0.29, 0.717) is 11.4 Å². The molecule has 1 N–H and O–H groups in total. The molecule has 0 unspecified atom stereocenters. The van der Waals surface area contributed by atoms with Crippen LogP contribution in [0.1, 0.15) is 41.0 Å². The normalized spacial score (nSPS) is 14.6. The number of rotatable bonds is 10. The van der Waals surface area contributed by atoms with Gasteiger partial charge in [-0.1, -0.05) is 12.1 Å². The molecule has 1 fully saturated rings. The van der Waals surface area contributed by atoms with Crippen molar-refractivity contribution in [2.24, 2.45) is 5.92 Å². The Kier molecular flexibility index (Phi) is 9.20. The van der Waals surface area contributed by atoms with Gasteiger partial charge < -0.3 is 29.2 Å². The minimum Gasteiger partial charge on any atom is -0.495 e. The zero-order valence-electron chi connectivity index (χ0n) is 20.8. The van der Waals surface area contributed by atoms with Gasteiger partial charge in [0.1, 0.15) is 5.75 Å². The van der Waals surface area contributed by atoms with Crippen LogP contribution in [-0.4, -0.2) is 63.2 Å². The molecule has 1 saturated heterocycles. The van der Waals surface area contributed by atoms with Crippen LogP contribution in [0.5, 0.6) is 5.75 Å². The average Bonchev–Trinajstić information content (AvgIpc) is 3.28. The van der Waals surface area contributed by atoms with Crippen LogP contribution in [0.2, 0.25) is 0 Å². The number of carbonyl (C=O) groups is 5. The van der Waals surface area contributed by atoms with Crippen LogP contribution in [0.25, 0.3) is 0 Å². The molecular formula is C26H28N2O9. The number of esters is 3. The minimum atomic E-state index is -0.757. The van der Waals surface area contributed by atoms with E-state index < -0.39 is 36.3 Å². The van der Waals surface area contributed by atoms with Crippen LogP contribution in [0.3, 0.4) is 0 Å². The third-order valence-corrected chi connectivity index (χ3v) is 5.42. The van der Waals surface area contributed by atoms with E-state index in [4.69, 9.17) is 18.9 Å². The van der Waals surface area contributed by atoms with Crippen molar-refractivity contribution in [2.75, 3.05) is 43.7 Å². The monoisotopic (exact) mass is 512 g/mol. The molecule has 2 aromatic carbocycles. The van der Waals surface area contributed by atoms with Gasteiger partial charge in [-0.05, 0) is 44.2 Å². The number of benzene rings is 2. The fraction of sp³-hybridized carbons (Fsp3) is 0.346. The van der Waals surface area contributed by atoms with Crippen molar-refractivity contribution >= 4 is 41.1 Å². The molecule has 2 aromatic rings. The van der Waals surface area contributed by atoms with Gasteiger partial charge in [0, 0.05) is 18.7 Å². The van der Waals surface area contributed by atoms with E-state index in [9.17, 15) is 24.0 Å². The molecule has 11 heteroatoms. The summed E-state index contributed by atoms with van der Waals surface area (Å²) in [5, 5.41) is 2.50. The average molecular weight is 513 g/mol. The third kappa shape index (κ3) is 6.84. The van der Waals surface area contributed by atoms with E-state index in [1.165, 1.54) is 30.2 Å². The van der Waals surface area contributed by atoms with E-state index in [2.05, 4.69) is 5.32 Å². The molecule has 37 heavy (non-hydrogen) atoms. The van der Waals surface area contributed by atoms with Gasteiger partial charge >= 0.3 is 17.9 Å². The molecule has 1 heterocycles. The van der Waals surface area contributed by atoms with Crippen LogP contribution >= 0.6 is 0 Å². The Hall–Kier alpha value is -4.41. The molecule has 196 valence electrons. The van der Waals surface area contributed by atoms with Crippen LogP contribution in [0.4, 0.5) is 11.4 Å². The van der Waals surface area contributed by atoms with E-state index in [-0.39, 0.29) is 48.9 Å². The lowest BCUT2D eigenvalue weighted by Crippen LogP contribution is -2.28. The summed E-state index contributed by atoms with van der Waals surface area (Å²) < 4.78 is 20.4. The number of nitrogens with one attached hydrogen (secondary N) is 1. The van der Waals surface area contributed by atoms with E-state index in [1.54, 1.807) is 38.1 Å². The smallest absolute Gasteiger partial charge is 0.338 e. The Labute approximate surface area is 213 Å². The first-order chi connectivity index (χ1) is 17.8. The fourth-order valence-electron chi connectivity index (χ4n) is 3.77. The standard InChI is InChI=1S/C26H28N2O9/c1-4-35-24(31)16-10-17(25(32)36-5-2)12-19(11-16)27-22(29)15-37-26(33)18-13-23(30)28(14-18)20-8-6-7-9-21(20)34-3/h6-12,18H,4-5,13-15H2,1-3H3,(H,27,29)/t18-/m1/s1. The Morgan fingerprint density at radius 1 is 0.946 bits per heavy atom. The van der Waals surface area contributed by atoms with Gasteiger partial charge in [0.15, 0.2) is 6.61 Å². The lowest BCUT2D eigenvalue weighted by atomic mass is 10.1. The number of carbonyl (C=O) groups excluding carboxylic acids is 5. The molecular weight excluding hydrogens is 484 g/mol. The van der Waals surface area contributed by atoms with Crippen LogP contribution < -0.4 is 15.0 Å². The van der Waals surface area contributed by atoms with E-state index in [0.717, 1.165) is 0 Å². The number of anilines is 2. The number of para-hydroxylation sites is 2. The van der Waals surface area contributed by atoms with Crippen molar-refractivity contribution in [3.63, 3.8) is 0 Å². The maximum absolute atomic E-state index is 12.6. The topological polar surface area (TPSA) is 138 Å². The number of nitrogens with zero attached hydrogens (tertiary/aromatic N) is 1.